The molecular weight excluding hydrogens is 494 g/mol. The maximum atomic E-state index is 13.2. The predicted octanol–water partition coefficient (Wildman–Crippen LogP) is 5.57. The van der Waals surface area contributed by atoms with Gasteiger partial charge < -0.3 is 5.32 Å². The standard InChI is InChI=1S/C19H16Cl5N4O2/c1-10-12(20)8-9-13(14(10)21)25-17(19(22,23)24)27-15-16(29)26(2)18(30)28(15,27)11-6-4-3-5-7-11/h3-9,15,17,25H,1-2H3/q+1. The number of imide groups is 1. The van der Waals surface area contributed by atoms with Crippen molar-refractivity contribution >= 4 is 81.3 Å². The quantitative estimate of drug-likeness (QED) is 0.254. The number of nitrogens with one attached hydrogen (secondary N) is 1. The molecule has 4 atom stereocenters. The summed E-state index contributed by atoms with van der Waals surface area (Å²) in [6.07, 6.45) is -1.91. The van der Waals surface area contributed by atoms with E-state index in [1.54, 1.807) is 43.3 Å². The van der Waals surface area contributed by atoms with Gasteiger partial charge in [-0.15, -0.1) is 0 Å². The lowest BCUT2D eigenvalue weighted by molar-refractivity contribution is -0.126. The summed E-state index contributed by atoms with van der Waals surface area (Å²) in [4.78, 5) is 27.1. The topological polar surface area (TPSA) is 52.4 Å². The highest BCUT2D eigenvalue weighted by Gasteiger charge is 2.86. The van der Waals surface area contributed by atoms with Gasteiger partial charge in [0.25, 0.3) is 0 Å². The van der Waals surface area contributed by atoms with Crippen molar-refractivity contribution in [1.29, 1.82) is 0 Å². The van der Waals surface area contributed by atoms with Crippen molar-refractivity contribution in [3.05, 3.63) is 58.1 Å². The van der Waals surface area contributed by atoms with E-state index in [1.165, 1.54) is 12.1 Å². The van der Waals surface area contributed by atoms with Crippen molar-refractivity contribution in [2.24, 2.45) is 0 Å². The largest absolute Gasteiger partial charge is 0.452 e. The average Bonchev–Trinajstić information content (AvgIpc) is 3.34. The van der Waals surface area contributed by atoms with Crippen molar-refractivity contribution in [3.63, 3.8) is 0 Å². The average molecular weight is 510 g/mol. The number of carbonyl (C=O) groups excluding carboxylic acids is 2. The summed E-state index contributed by atoms with van der Waals surface area (Å²) in [5.41, 5.74) is 1.70. The number of alkyl halides is 3. The van der Waals surface area contributed by atoms with Crippen LogP contribution in [0.4, 0.5) is 16.2 Å². The summed E-state index contributed by atoms with van der Waals surface area (Å²) in [5.74, 6) is -0.386. The van der Waals surface area contributed by atoms with E-state index in [0.29, 0.717) is 27.0 Å². The monoisotopic (exact) mass is 507 g/mol. The van der Waals surface area contributed by atoms with Crippen molar-refractivity contribution < 1.29 is 9.59 Å². The van der Waals surface area contributed by atoms with Crippen LogP contribution < -0.4 is 9.91 Å². The Hall–Kier alpha value is -1.25. The molecule has 4 unspecified atom stereocenters. The highest BCUT2D eigenvalue weighted by Crippen LogP contribution is 2.55. The first-order valence-corrected chi connectivity index (χ1v) is 10.7. The number of benzene rings is 2. The van der Waals surface area contributed by atoms with Gasteiger partial charge in [-0.3, -0.25) is 4.79 Å². The van der Waals surface area contributed by atoms with Gasteiger partial charge in [0.05, 0.1) is 10.7 Å². The molecule has 11 heteroatoms. The molecule has 2 aliphatic rings. The van der Waals surface area contributed by atoms with Crippen molar-refractivity contribution in [2.45, 2.75) is 23.0 Å². The number of quaternary nitrogens is 1. The number of amides is 3. The molecule has 2 aromatic carbocycles. The lowest BCUT2D eigenvalue weighted by Crippen LogP contribution is -2.53. The molecule has 3 amide bonds. The Morgan fingerprint density at radius 2 is 1.70 bits per heavy atom. The number of nitrogens with zero attached hydrogens (tertiary/aromatic N) is 3. The number of halogens is 5. The van der Waals surface area contributed by atoms with Gasteiger partial charge in [0.15, 0.2) is 11.9 Å². The number of fused-ring (bicyclic) bond motifs is 1. The Balaban J connectivity index is 1.80. The molecule has 2 aliphatic heterocycles. The van der Waals surface area contributed by atoms with Crippen LogP contribution in [0.2, 0.25) is 10.0 Å². The van der Waals surface area contributed by atoms with Crippen LogP contribution >= 0.6 is 58.0 Å². The molecule has 4 rings (SSSR count). The second-order valence-corrected chi connectivity index (χ2v) is 10.2. The highest BCUT2D eigenvalue weighted by molar-refractivity contribution is 6.68. The van der Waals surface area contributed by atoms with Crippen molar-refractivity contribution in [2.75, 3.05) is 12.4 Å². The zero-order valence-electron chi connectivity index (χ0n) is 15.7. The van der Waals surface area contributed by atoms with Gasteiger partial charge in [-0.2, -0.15) is 0 Å². The number of hydrogen-bond acceptors (Lipinski definition) is 4. The maximum Gasteiger partial charge on any atom is 0.452 e. The van der Waals surface area contributed by atoms with Gasteiger partial charge >= 0.3 is 18.1 Å². The Kier molecular flexibility index (Phi) is 5.43. The van der Waals surface area contributed by atoms with Crippen LogP contribution in [0.5, 0.6) is 0 Å². The number of likely N-dealkylation sites (N-methyl/N-ethyl adjacent to an activating group) is 1. The van der Waals surface area contributed by atoms with Crippen LogP contribution in [0.15, 0.2) is 42.5 Å². The van der Waals surface area contributed by atoms with Crippen LogP contribution in [0.1, 0.15) is 5.56 Å². The SMILES string of the molecule is Cc1c(Cl)ccc(NC(N2C3C(=O)N(C)C(=O)[N+]32c2ccccc2)C(Cl)(Cl)Cl)c1Cl. The van der Waals surface area contributed by atoms with Crippen LogP contribution in [-0.2, 0) is 4.79 Å². The summed E-state index contributed by atoms with van der Waals surface area (Å²) < 4.78 is -2.30. The van der Waals surface area contributed by atoms with Crippen LogP contribution in [0, 0.1) is 6.92 Å². The molecule has 6 nitrogen and oxygen atoms in total. The highest BCUT2D eigenvalue weighted by atomic mass is 35.6. The summed E-state index contributed by atoms with van der Waals surface area (Å²) in [6.45, 7) is 1.76. The van der Waals surface area contributed by atoms with Crippen LogP contribution in [0.3, 0.4) is 0 Å². The van der Waals surface area contributed by atoms with Gasteiger partial charge in [0, 0.05) is 24.2 Å². The summed E-state index contributed by atoms with van der Waals surface area (Å²) in [7, 11) is 1.44. The van der Waals surface area contributed by atoms with Crippen molar-refractivity contribution in [1.82, 2.24) is 14.5 Å². The fraction of sp³-hybridized carbons (Fsp3) is 0.263. The molecule has 0 saturated carbocycles. The van der Waals surface area contributed by atoms with E-state index in [2.05, 4.69) is 5.32 Å². The Morgan fingerprint density at radius 1 is 1.07 bits per heavy atom. The zero-order valence-corrected chi connectivity index (χ0v) is 19.5. The van der Waals surface area contributed by atoms with Crippen molar-refractivity contribution in [3.8, 4) is 0 Å². The Bertz CT molecular complexity index is 1050. The predicted molar refractivity (Wildman–Crippen MR) is 121 cm³/mol. The normalized spacial score (nSPS) is 26.6. The number of para-hydroxylation sites is 1. The summed E-state index contributed by atoms with van der Waals surface area (Å²) in [6, 6.07) is 11.8. The van der Waals surface area contributed by atoms with E-state index in [1.807, 2.05) is 6.07 Å². The van der Waals surface area contributed by atoms with E-state index in [9.17, 15) is 9.59 Å². The van der Waals surface area contributed by atoms with E-state index in [4.69, 9.17) is 58.0 Å². The van der Waals surface area contributed by atoms with Crippen LogP contribution in [0.25, 0.3) is 0 Å². The number of anilines is 1. The third-order valence-corrected chi connectivity index (χ3v) is 6.90. The molecule has 30 heavy (non-hydrogen) atoms. The summed E-state index contributed by atoms with van der Waals surface area (Å²) >= 11 is 31.5. The maximum absolute atomic E-state index is 13.2. The van der Waals surface area contributed by atoms with Gasteiger partial charge in [-0.25, -0.2) is 9.69 Å². The molecule has 0 aromatic heterocycles. The molecule has 2 heterocycles. The first-order valence-electron chi connectivity index (χ1n) is 8.86. The molecular formula is C19H16Cl5N4O2+. The minimum absolute atomic E-state index is 0.352. The Labute approximate surface area is 198 Å². The smallest absolute Gasteiger partial charge is 0.361 e. The fourth-order valence-electron chi connectivity index (χ4n) is 3.83. The molecule has 0 radical (unpaired) electrons. The van der Waals surface area contributed by atoms with E-state index in [-0.39, 0.29) is 5.91 Å². The number of rotatable bonds is 4. The molecule has 158 valence electrons. The zero-order chi connectivity index (χ0) is 22.0. The van der Waals surface area contributed by atoms with Crippen LogP contribution in [-0.4, -0.2) is 45.0 Å². The van der Waals surface area contributed by atoms with E-state index in [0.717, 1.165) is 4.90 Å². The third kappa shape index (κ3) is 3.09. The summed E-state index contributed by atoms with van der Waals surface area (Å²) in [5, 5.41) is 5.47. The second-order valence-electron chi connectivity index (χ2n) is 7.08. The van der Waals surface area contributed by atoms with E-state index < -0.39 is 26.7 Å². The van der Waals surface area contributed by atoms with Gasteiger partial charge in [0.1, 0.15) is 0 Å². The molecule has 0 spiro atoms. The van der Waals surface area contributed by atoms with Gasteiger partial charge in [-0.05, 0) is 29.6 Å². The van der Waals surface area contributed by atoms with Gasteiger partial charge in [-0.1, -0.05) is 80.8 Å². The molecule has 0 bridgehead atoms. The first kappa shape index (κ1) is 22.0. The molecule has 2 saturated heterocycles. The number of hydrogen-bond donors (Lipinski definition) is 1. The molecule has 1 N–H and O–H groups in total. The minimum atomic E-state index is -1.90. The third-order valence-electron chi connectivity index (χ3n) is 5.38. The van der Waals surface area contributed by atoms with E-state index >= 15 is 0 Å². The lowest BCUT2D eigenvalue weighted by Gasteiger charge is -2.29. The molecule has 2 fully saturated rings. The minimum Gasteiger partial charge on any atom is -0.361 e. The van der Waals surface area contributed by atoms with Gasteiger partial charge in [0.2, 0.25) is 3.79 Å². The fourth-order valence-corrected chi connectivity index (χ4v) is 4.72. The lowest BCUT2D eigenvalue weighted by atomic mass is 10.2. The number of urea groups is 1. The second kappa shape index (κ2) is 7.41. The molecule has 2 aromatic rings. The first-order chi connectivity index (χ1) is 14.0. The Morgan fingerprint density at radius 3 is 2.30 bits per heavy atom. The molecule has 0 aliphatic carbocycles. The number of carbonyl (C=O) groups is 2.